The minimum Gasteiger partial charge on any atom is -0.342 e. The lowest BCUT2D eigenvalue weighted by Crippen LogP contribution is -2.35. The van der Waals surface area contributed by atoms with Gasteiger partial charge in [0.2, 0.25) is 11.8 Å². The number of likely N-dealkylation sites (tertiary alicyclic amines) is 1. The second kappa shape index (κ2) is 11.0. The van der Waals surface area contributed by atoms with Crippen LogP contribution in [0.1, 0.15) is 30.4 Å². The number of benzene rings is 2. The fourth-order valence-corrected chi connectivity index (χ4v) is 3.93. The van der Waals surface area contributed by atoms with E-state index in [-0.39, 0.29) is 36.1 Å². The van der Waals surface area contributed by atoms with Crippen LogP contribution in [-0.2, 0) is 16.1 Å². The molecule has 2 aromatic rings. The number of hydrogen-bond acceptors (Lipinski definition) is 3. The molecule has 1 aliphatic heterocycles. The van der Waals surface area contributed by atoms with Crippen molar-refractivity contribution in [2.75, 3.05) is 26.2 Å². The maximum Gasteiger partial charge on any atom is 0.224 e. The van der Waals surface area contributed by atoms with Crippen LogP contribution in [0.2, 0.25) is 0 Å². The molecule has 2 amide bonds. The molecule has 1 saturated heterocycles. The van der Waals surface area contributed by atoms with Crippen molar-refractivity contribution in [3.05, 3.63) is 71.8 Å². The Labute approximate surface area is 179 Å². The van der Waals surface area contributed by atoms with Gasteiger partial charge in [-0.25, -0.2) is 0 Å². The molecule has 1 heterocycles. The fourth-order valence-electron chi connectivity index (χ4n) is 3.93. The first-order valence-electron chi connectivity index (χ1n) is 9.90. The van der Waals surface area contributed by atoms with Crippen molar-refractivity contribution in [2.45, 2.75) is 25.8 Å². The number of halogens is 1. The average molecular weight is 416 g/mol. The van der Waals surface area contributed by atoms with Crippen LogP contribution in [0.15, 0.2) is 60.7 Å². The van der Waals surface area contributed by atoms with Gasteiger partial charge in [0.05, 0.1) is 0 Å². The van der Waals surface area contributed by atoms with E-state index in [1.165, 1.54) is 5.56 Å². The van der Waals surface area contributed by atoms with Crippen molar-refractivity contribution < 1.29 is 9.59 Å². The van der Waals surface area contributed by atoms with Crippen LogP contribution < -0.4 is 5.73 Å². The largest absolute Gasteiger partial charge is 0.342 e. The number of amides is 2. The van der Waals surface area contributed by atoms with Crippen LogP contribution in [0.25, 0.3) is 0 Å². The Morgan fingerprint density at radius 2 is 1.66 bits per heavy atom. The third-order valence-electron chi connectivity index (χ3n) is 5.58. The van der Waals surface area contributed by atoms with Crippen molar-refractivity contribution in [1.29, 1.82) is 0 Å². The van der Waals surface area contributed by atoms with Gasteiger partial charge >= 0.3 is 0 Å². The van der Waals surface area contributed by atoms with Gasteiger partial charge < -0.3 is 15.5 Å². The molecule has 6 heteroatoms. The molecule has 3 rings (SSSR count). The summed E-state index contributed by atoms with van der Waals surface area (Å²) in [6, 6.07) is 20.1. The zero-order valence-corrected chi connectivity index (χ0v) is 17.7. The summed E-state index contributed by atoms with van der Waals surface area (Å²) in [5.74, 6) is 0.638. The molecule has 2 N–H and O–H groups in total. The molecule has 0 saturated carbocycles. The molecule has 2 aromatic carbocycles. The third-order valence-corrected chi connectivity index (χ3v) is 5.58. The lowest BCUT2D eigenvalue weighted by atomic mass is 9.89. The first kappa shape index (κ1) is 22.9. The molecule has 1 aliphatic rings. The van der Waals surface area contributed by atoms with Crippen molar-refractivity contribution in [3.63, 3.8) is 0 Å². The second-order valence-corrected chi connectivity index (χ2v) is 7.49. The van der Waals surface area contributed by atoms with Crippen LogP contribution in [0.4, 0.5) is 0 Å². The Morgan fingerprint density at radius 1 is 1.03 bits per heavy atom. The monoisotopic (exact) mass is 415 g/mol. The zero-order valence-electron chi connectivity index (χ0n) is 16.9. The number of carbonyl (C=O) groups excluding carboxylic acids is 2. The molecule has 2 atom stereocenters. The van der Waals surface area contributed by atoms with Gasteiger partial charge in [0.15, 0.2) is 0 Å². The summed E-state index contributed by atoms with van der Waals surface area (Å²) in [6.07, 6.45) is 0.339. The SMILES string of the molecule is CC(=O)N(CCC(=O)N1C[C@@H](CN)[C@H](c2ccccc2)C1)Cc1ccccc1.Cl. The van der Waals surface area contributed by atoms with Gasteiger partial charge in [-0.05, 0) is 23.6 Å². The molecule has 0 aliphatic carbocycles. The van der Waals surface area contributed by atoms with Gasteiger partial charge in [-0.15, -0.1) is 12.4 Å². The molecule has 0 unspecified atom stereocenters. The molecule has 0 spiro atoms. The Bertz CT molecular complexity index is 785. The number of nitrogens with two attached hydrogens (primary N) is 1. The molecule has 0 aromatic heterocycles. The number of carbonyl (C=O) groups is 2. The topological polar surface area (TPSA) is 66.6 Å². The lowest BCUT2D eigenvalue weighted by Gasteiger charge is -2.23. The predicted molar refractivity (Wildman–Crippen MR) is 118 cm³/mol. The summed E-state index contributed by atoms with van der Waals surface area (Å²) in [7, 11) is 0. The molecule has 29 heavy (non-hydrogen) atoms. The highest BCUT2D eigenvalue weighted by Gasteiger charge is 2.35. The van der Waals surface area contributed by atoms with Crippen LogP contribution in [-0.4, -0.2) is 47.8 Å². The first-order chi connectivity index (χ1) is 13.6. The number of hydrogen-bond donors (Lipinski definition) is 1. The fraction of sp³-hybridized carbons (Fsp3) is 0.391. The van der Waals surface area contributed by atoms with E-state index < -0.39 is 0 Å². The maximum atomic E-state index is 12.8. The first-order valence-corrected chi connectivity index (χ1v) is 9.90. The van der Waals surface area contributed by atoms with E-state index in [0.29, 0.717) is 39.1 Å². The maximum absolute atomic E-state index is 12.8. The molecular formula is C23H30ClN3O2. The van der Waals surface area contributed by atoms with Crippen LogP contribution >= 0.6 is 12.4 Å². The average Bonchev–Trinajstić information content (AvgIpc) is 3.16. The third kappa shape index (κ3) is 6.05. The Morgan fingerprint density at radius 3 is 2.24 bits per heavy atom. The van der Waals surface area contributed by atoms with E-state index >= 15 is 0 Å². The van der Waals surface area contributed by atoms with Crippen LogP contribution in [0.5, 0.6) is 0 Å². The Hall–Kier alpha value is -2.37. The van der Waals surface area contributed by atoms with Gasteiger partial charge in [-0.2, -0.15) is 0 Å². The summed E-state index contributed by atoms with van der Waals surface area (Å²) in [5, 5.41) is 0. The van der Waals surface area contributed by atoms with Crippen LogP contribution in [0.3, 0.4) is 0 Å². The summed E-state index contributed by atoms with van der Waals surface area (Å²) in [5.41, 5.74) is 8.29. The van der Waals surface area contributed by atoms with Gasteiger partial charge in [0, 0.05) is 45.4 Å². The second-order valence-electron chi connectivity index (χ2n) is 7.49. The molecular weight excluding hydrogens is 386 g/mol. The molecule has 156 valence electrons. The van der Waals surface area contributed by atoms with Crippen molar-refractivity contribution in [1.82, 2.24) is 9.80 Å². The van der Waals surface area contributed by atoms with Gasteiger partial charge in [-0.3, -0.25) is 9.59 Å². The Kier molecular flexibility index (Phi) is 8.68. The quantitative estimate of drug-likeness (QED) is 0.755. The van der Waals surface area contributed by atoms with Gasteiger partial charge in [-0.1, -0.05) is 60.7 Å². The number of rotatable bonds is 7. The standard InChI is InChI=1S/C23H29N3O2.ClH/c1-18(27)25(15-19-8-4-2-5-9-19)13-12-23(28)26-16-21(14-24)22(17-26)20-10-6-3-7-11-20;/h2-11,21-22H,12-17,24H2,1H3;1H/t21-,22+;/m1./s1. The van der Waals surface area contributed by atoms with Crippen molar-refractivity contribution in [3.8, 4) is 0 Å². The summed E-state index contributed by atoms with van der Waals surface area (Å²) < 4.78 is 0. The van der Waals surface area contributed by atoms with E-state index in [2.05, 4.69) is 12.1 Å². The van der Waals surface area contributed by atoms with Gasteiger partial charge in [0.1, 0.15) is 0 Å². The highest BCUT2D eigenvalue weighted by Crippen LogP contribution is 2.32. The zero-order chi connectivity index (χ0) is 19.9. The summed E-state index contributed by atoms with van der Waals surface area (Å²) >= 11 is 0. The normalized spacial score (nSPS) is 18.2. The molecule has 0 radical (unpaired) electrons. The minimum absolute atomic E-state index is 0. The summed E-state index contributed by atoms with van der Waals surface area (Å²) in [6.45, 7) is 4.47. The smallest absolute Gasteiger partial charge is 0.224 e. The molecule has 1 fully saturated rings. The Balaban J connectivity index is 0.00000300. The van der Waals surface area contributed by atoms with E-state index in [0.717, 1.165) is 5.56 Å². The van der Waals surface area contributed by atoms with Crippen molar-refractivity contribution >= 4 is 24.2 Å². The highest BCUT2D eigenvalue weighted by atomic mass is 35.5. The predicted octanol–water partition coefficient (Wildman–Crippen LogP) is 3.05. The van der Waals surface area contributed by atoms with E-state index in [1.54, 1.807) is 11.8 Å². The minimum atomic E-state index is -0.0138. The van der Waals surface area contributed by atoms with Crippen LogP contribution in [0, 0.1) is 5.92 Å². The molecule has 5 nitrogen and oxygen atoms in total. The lowest BCUT2D eigenvalue weighted by molar-refractivity contribution is -0.133. The summed E-state index contributed by atoms with van der Waals surface area (Å²) in [4.78, 5) is 28.5. The van der Waals surface area contributed by atoms with E-state index in [1.807, 2.05) is 53.4 Å². The van der Waals surface area contributed by atoms with Crippen molar-refractivity contribution in [2.24, 2.45) is 11.7 Å². The van der Waals surface area contributed by atoms with E-state index in [4.69, 9.17) is 5.73 Å². The highest BCUT2D eigenvalue weighted by molar-refractivity contribution is 5.85. The number of nitrogens with zero attached hydrogens (tertiary/aromatic N) is 2. The van der Waals surface area contributed by atoms with Gasteiger partial charge in [0.25, 0.3) is 0 Å². The van der Waals surface area contributed by atoms with E-state index in [9.17, 15) is 9.59 Å². The molecule has 0 bridgehead atoms.